The van der Waals surface area contributed by atoms with Gasteiger partial charge in [-0.2, -0.15) is 0 Å². The molecule has 0 N–H and O–H groups in total. The maximum Gasteiger partial charge on any atom is 0.254 e. The molecule has 0 saturated carbocycles. The van der Waals surface area contributed by atoms with E-state index in [0.29, 0.717) is 5.75 Å². The van der Waals surface area contributed by atoms with Crippen LogP contribution in [0, 0.1) is 0 Å². The summed E-state index contributed by atoms with van der Waals surface area (Å²) in [4.78, 5) is 14.9. The molecule has 1 atom stereocenters. The molecule has 0 fully saturated rings. The van der Waals surface area contributed by atoms with Crippen LogP contribution in [0.15, 0.2) is 30.3 Å². The van der Waals surface area contributed by atoms with E-state index < -0.39 is 0 Å². The second kappa shape index (κ2) is 5.99. The highest BCUT2D eigenvalue weighted by Crippen LogP contribution is 2.42. The van der Waals surface area contributed by atoms with E-state index in [-0.39, 0.29) is 11.9 Å². The number of hydrogen-bond donors (Lipinski definition) is 0. The monoisotopic (exact) mass is 339 g/mol. The second-order valence-electron chi connectivity index (χ2n) is 6.40. The van der Waals surface area contributed by atoms with Gasteiger partial charge in [0.1, 0.15) is 5.75 Å². The third-order valence-corrected chi connectivity index (χ3v) is 5.22. The summed E-state index contributed by atoms with van der Waals surface area (Å²) in [7, 11) is 4.93. The van der Waals surface area contributed by atoms with E-state index in [4.69, 9.17) is 14.2 Å². The topological polar surface area (TPSA) is 48.0 Å². The Morgan fingerprint density at radius 3 is 2.44 bits per heavy atom. The number of hydrogen-bond acceptors (Lipinski definition) is 4. The van der Waals surface area contributed by atoms with Crippen molar-refractivity contribution in [3.05, 3.63) is 52.6 Å². The Morgan fingerprint density at radius 1 is 0.960 bits per heavy atom. The summed E-state index contributed by atoms with van der Waals surface area (Å²) >= 11 is 0. The minimum Gasteiger partial charge on any atom is -0.497 e. The zero-order valence-corrected chi connectivity index (χ0v) is 14.7. The van der Waals surface area contributed by atoms with Crippen LogP contribution in [-0.4, -0.2) is 38.7 Å². The van der Waals surface area contributed by atoms with Gasteiger partial charge >= 0.3 is 0 Å². The number of benzene rings is 2. The first kappa shape index (κ1) is 15.8. The molecule has 0 radical (unpaired) electrons. The van der Waals surface area contributed by atoms with Crippen LogP contribution in [0.3, 0.4) is 0 Å². The number of carbonyl (C=O) groups excluding carboxylic acids is 1. The molecule has 130 valence electrons. The van der Waals surface area contributed by atoms with E-state index in [9.17, 15) is 4.79 Å². The summed E-state index contributed by atoms with van der Waals surface area (Å²) < 4.78 is 16.2. The Morgan fingerprint density at radius 2 is 1.72 bits per heavy atom. The molecule has 5 nitrogen and oxygen atoms in total. The molecule has 0 aliphatic carbocycles. The summed E-state index contributed by atoms with van der Waals surface area (Å²) in [6.07, 6.45) is 1.60. The third kappa shape index (κ3) is 2.42. The van der Waals surface area contributed by atoms with E-state index >= 15 is 0 Å². The Balaban J connectivity index is 1.81. The number of rotatable bonds is 3. The molecule has 1 unspecified atom stereocenters. The van der Waals surface area contributed by atoms with Crippen LogP contribution >= 0.6 is 0 Å². The highest BCUT2D eigenvalue weighted by atomic mass is 16.5. The smallest absolute Gasteiger partial charge is 0.254 e. The molecule has 0 aromatic heterocycles. The number of methoxy groups -OCH3 is 3. The van der Waals surface area contributed by atoms with Gasteiger partial charge in [0.25, 0.3) is 5.91 Å². The average molecular weight is 339 g/mol. The van der Waals surface area contributed by atoms with Crippen molar-refractivity contribution in [2.24, 2.45) is 0 Å². The molecule has 0 bridgehead atoms. The lowest BCUT2D eigenvalue weighted by Gasteiger charge is -2.41. The molecule has 4 rings (SSSR count). The third-order valence-electron chi connectivity index (χ3n) is 5.22. The average Bonchev–Trinajstić information content (AvgIpc) is 2.66. The molecule has 2 aromatic rings. The fourth-order valence-electron chi connectivity index (χ4n) is 3.93. The number of nitrogens with zero attached hydrogens (tertiary/aromatic N) is 1. The van der Waals surface area contributed by atoms with Crippen LogP contribution in [-0.2, 0) is 12.8 Å². The van der Waals surface area contributed by atoms with Crippen LogP contribution in [0.5, 0.6) is 17.2 Å². The van der Waals surface area contributed by atoms with Crippen LogP contribution in [0.4, 0.5) is 0 Å². The molecule has 2 heterocycles. The number of amides is 1. The van der Waals surface area contributed by atoms with Gasteiger partial charge in [0.05, 0.1) is 27.4 Å². The first-order chi connectivity index (χ1) is 12.2. The Kier molecular flexibility index (Phi) is 3.79. The van der Waals surface area contributed by atoms with Gasteiger partial charge in [-0.25, -0.2) is 0 Å². The molecule has 5 heteroatoms. The lowest BCUT2D eigenvalue weighted by molar-refractivity contribution is 0.0631. The minimum atomic E-state index is 0.0238. The first-order valence-electron chi connectivity index (χ1n) is 8.39. The molecular formula is C20H21NO4. The van der Waals surface area contributed by atoms with Gasteiger partial charge < -0.3 is 19.1 Å². The summed E-state index contributed by atoms with van der Waals surface area (Å²) in [6, 6.07) is 9.77. The van der Waals surface area contributed by atoms with Gasteiger partial charge in [-0.1, -0.05) is 0 Å². The van der Waals surface area contributed by atoms with Gasteiger partial charge in [0, 0.05) is 12.1 Å². The van der Waals surface area contributed by atoms with Crippen molar-refractivity contribution in [3.63, 3.8) is 0 Å². The Bertz CT molecular complexity index is 846. The predicted molar refractivity (Wildman–Crippen MR) is 93.7 cm³/mol. The maximum atomic E-state index is 13.0. The van der Waals surface area contributed by atoms with E-state index in [1.54, 1.807) is 21.3 Å². The molecular weight excluding hydrogens is 318 g/mol. The zero-order valence-electron chi connectivity index (χ0n) is 14.7. The second-order valence-corrected chi connectivity index (χ2v) is 6.40. The van der Waals surface area contributed by atoms with Gasteiger partial charge in [0.15, 0.2) is 11.5 Å². The van der Waals surface area contributed by atoms with Crippen molar-refractivity contribution in [3.8, 4) is 17.2 Å². The van der Waals surface area contributed by atoms with Crippen LogP contribution < -0.4 is 14.2 Å². The highest BCUT2D eigenvalue weighted by Gasteiger charge is 2.37. The van der Waals surface area contributed by atoms with E-state index in [0.717, 1.165) is 47.6 Å². The van der Waals surface area contributed by atoms with Crippen LogP contribution in [0.1, 0.15) is 33.1 Å². The Hall–Kier alpha value is -2.69. The van der Waals surface area contributed by atoms with Crippen molar-refractivity contribution in [1.29, 1.82) is 0 Å². The van der Waals surface area contributed by atoms with Crippen molar-refractivity contribution in [2.45, 2.75) is 18.9 Å². The van der Waals surface area contributed by atoms with E-state index in [1.165, 1.54) is 5.56 Å². The summed E-state index contributed by atoms with van der Waals surface area (Å²) in [6.45, 7) is 0.720. The summed E-state index contributed by atoms with van der Waals surface area (Å²) in [5.41, 5.74) is 4.18. The summed E-state index contributed by atoms with van der Waals surface area (Å²) in [5.74, 6) is 2.31. The van der Waals surface area contributed by atoms with Gasteiger partial charge in [0.2, 0.25) is 0 Å². The lowest BCUT2D eigenvalue weighted by Crippen LogP contribution is -2.44. The standard InChI is InChI=1S/C20H21NO4/c1-23-14-4-5-15-13(8-14)9-17-16-11-19(25-3)18(24-2)10-12(16)6-7-21(17)20(15)22/h4-5,8,10-11,17H,6-7,9H2,1-3H3. The van der Waals surface area contributed by atoms with E-state index in [1.807, 2.05) is 35.2 Å². The van der Waals surface area contributed by atoms with Crippen LogP contribution in [0.25, 0.3) is 0 Å². The molecule has 0 spiro atoms. The molecule has 0 saturated heterocycles. The number of carbonyl (C=O) groups is 1. The Labute approximate surface area is 147 Å². The normalized spacial score (nSPS) is 18.1. The van der Waals surface area contributed by atoms with E-state index in [2.05, 4.69) is 0 Å². The van der Waals surface area contributed by atoms with Crippen molar-refractivity contribution in [2.75, 3.05) is 27.9 Å². The van der Waals surface area contributed by atoms with Gasteiger partial charge in [-0.15, -0.1) is 0 Å². The number of ether oxygens (including phenoxy) is 3. The minimum absolute atomic E-state index is 0.0238. The zero-order chi connectivity index (χ0) is 17.6. The fourth-order valence-corrected chi connectivity index (χ4v) is 3.93. The van der Waals surface area contributed by atoms with Gasteiger partial charge in [-0.05, 0) is 59.9 Å². The molecule has 1 amide bonds. The molecule has 25 heavy (non-hydrogen) atoms. The predicted octanol–water partition coefficient (Wildman–Crippen LogP) is 3.01. The lowest BCUT2D eigenvalue weighted by atomic mass is 9.83. The number of fused-ring (bicyclic) bond motifs is 4. The van der Waals surface area contributed by atoms with Crippen LogP contribution in [0.2, 0.25) is 0 Å². The quantitative estimate of drug-likeness (QED) is 0.862. The molecule has 2 aliphatic heterocycles. The highest BCUT2D eigenvalue weighted by molar-refractivity contribution is 5.97. The maximum absolute atomic E-state index is 13.0. The summed E-state index contributed by atoms with van der Waals surface area (Å²) in [5, 5.41) is 0. The molecule has 2 aromatic carbocycles. The first-order valence-corrected chi connectivity index (χ1v) is 8.39. The van der Waals surface area contributed by atoms with Crippen molar-refractivity contribution in [1.82, 2.24) is 4.90 Å². The van der Waals surface area contributed by atoms with Crippen molar-refractivity contribution < 1.29 is 19.0 Å². The van der Waals surface area contributed by atoms with Gasteiger partial charge in [-0.3, -0.25) is 4.79 Å². The largest absolute Gasteiger partial charge is 0.497 e. The molecule has 2 aliphatic rings. The van der Waals surface area contributed by atoms with Crippen molar-refractivity contribution >= 4 is 5.91 Å². The fraction of sp³-hybridized carbons (Fsp3) is 0.350. The SMILES string of the molecule is COc1ccc2c(c1)CC1c3cc(OC)c(OC)cc3CCN1C2=O.